The minimum Gasteiger partial charge on any atom is -0.453 e. The van der Waals surface area contributed by atoms with Crippen molar-refractivity contribution in [3.05, 3.63) is 291 Å². The van der Waals surface area contributed by atoms with Gasteiger partial charge < -0.3 is 18.8 Å². The molecule has 20 rings (SSSR count). The van der Waals surface area contributed by atoms with Crippen molar-refractivity contribution < 1.29 is 4.74 Å². The maximum absolute atomic E-state index is 6.82. The maximum Gasteiger partial charge on any atom is 0.252 e. The minimum atomic E-state index is -0.193. The van der Waals surface area contributed by atoms with Crippen LogP contribution in [0.3, 0.4) is 0 Å². The first-order chi connectivity index (χ1) is 43.2. The molecule has 0 radical (unpaired) electrons. The van der Waals surface area contributed by atoms with Crippen LogP contribution < -0.4 is 26.0 Å². The zero-order valence-corrected chi connectivity index (χ0v) is 47.0. The molecule has 0 fully saturated rings. The van der Waals surface area contributed by atoms with Crippen LogP contribution >= 0.6 is 0 Å². The van der Waals surface area contributed by atoms with Crippen LogP contribution in [0.2, 0.25) is 0 Å². The number of fused-ring (bicyclic) bond motifs is 20. The van der Waals surface area contributed by atoms with E-state index in [0.717, 1.165) is 28.6 Å². The number of hydrogen-bond donors (Lipinski definition) is 0. The molecule has 0 saturated heterocycles. The molecule has 0 unspecified atom stereocenters. The van der Waals surface area contributed by atoms with Crippen molar-refractivity contribution in [3.63, 3.8) is 0 Å². The molecule has 0 amide bonds. The highest BCUT2D eigenvalue weighted by atomic mass is 16.5. The molecule has 0 N–H and O–H groups in total. The Morgan fingerprint density at radius 1 is 0.264 bits per heavy atom. The van der Waals surface area contributed by atoms with Crippen molar-refractivity contribution in [2.24, 2.45) is 0 Å². The predicted molar refractivity (Wildman–Crippen MR) is 366 cm³/mol. The third-order valence-corrected chi connectivity index (χ3v) is 19.4. The van der Waals surface area contributed by atoms with E-state index in [1.807, 2.05) is 0 Å². The summed E-state index contributed by atoms with van der Waals surface area (Å²) in [6, 6.07) is 109. The average molecular weight is 1100 g/mol. The summed E-state index contributed by atoms with van der Waals surface area (Å²) in [5.74, 6) is 1.64. The summed E-state index contributed by atoms with van der Waals surface area (Å²) in [6.45, 7) is -0.193. The molecule has 4 nitrogen and oxygen atoms in total. The van der Waals surface area contributed by atoms with Crippen LogP contribution in [-0.2, 0) is 0 Å². The van der Waals surface area contributed by atoms with Crippen molar-refractivity contribution >= 4 is 127 Å². The van der Waals surface area contributed by atoms with E-state index in [0.29, 0.717) is 0 Å². The quantitative estimate of drug-likeness (QED) is 0.160. The highest BCUT2D eigenvalue weighted by Crippen LogP contribution is 2.54. The molecule has 3 aliphatic heterocycles. The number of rotatable bonds is 5. The molecule has 0 saturated carbocycles. The number of para-hydroxylation sites is 4. The maximum atomic E-state index is 6.82. The van der Waals surface area contributed by atoms with Crippen LogP contribution in [0, 0.1) is 0 Å². The van der Waals surface area contributed by atoms with Crippen LogP contribution in [0.1, 0.15) is 0 Å². The normalized spacial score (nSPS) is 12.9. The molecule has 400 valence electrons. The standard InChI is InChI=1S/C82H48BN3O/c1-5-17-49(18-6-1)53-29-35-61-57(43-53)33-39-69-75(61)77-63-37-31-55(51-21-9-3-10-22-51)45-59(63)47-65-80(77)85(69)71-41-42-72(84-67-25-13-15-27-73(67)87-74-28-16-14-26-68(74)84)82-79(71)83(65)66-48-60-46-56(52-23-11-4-12-24-52)32-38-64(60)78-76-62-36-30-54(50-19-7-2-8-20-50)44-58(62)34-40-70(76)86(82)81(66)78/h1-48H. The summed E-state index contributed by atoms with van der Waals surface area (Å²) < 4.78 is 12.2. The molecule has 3 aliphatic rings. The van der Waals surface area contributed by atoms with E-state index in [9.17, 15) is 0 Å². The summed E-state index contributed by atoms with van der Waals surface area (Å²) in [5, 5.41) is 14.9. The number of anilines is 3. The minimum absolute atomic E-state index is 0.193. The lowest BCUT2D eigenvalue weighted by Gasteiger charge is -2.39. The second-order valence-corrected chi connectivity index (χ2v) is 23.8. The zero-order valence-electron chi connectivity index (χ0n) is 47.0. The Morgan fingerprint density at radius 3 is 1.10 bits per heavy atom. The van der Waals surface area contributed by atoms with Gasteiger partial charge in [0.2, 0.25) is 0 Å². The lowest BCUT2D eigenvalue weighted by atomic mass is 9.34. The van der Waals surface area contributed by atoms with Gasteiger partial charge in [-0.15, -0.1) is 0 Å². The highest BCUT2D eigenvalue weighted by Gasteiger charge is 2.44. The SMILES string of the molecule is c1ccc(-c2ccc3c(ccc4c3c3c5ccc(-c6ccccc6)cc5cc5c3n4-c3ccc(N4c6ccccc6Oc6ccccc64)c4c3B5c3cc5cc(-c6ccccc6)ccc5c5c6c7ccc(-c8ccccc8)cc7ccc6n-4c35)c2)cc1. The molecule has 15 aromatic carbocycles. The second-order valence-electron chi connectivity index (χ2n) is 23.8. The molecular formula is C82H48BN3O. The molecule has 0 bridgehead atoms. The van der Waals surface area contributed by atoms with Gasteiger partial charge >= 0.3 is 0 Å². The molecule has 0 atom stereocenters. The van der Waals surface area contributed by atoms with Crippen molar-refractivity contribution in [1.29, 1.82) is 0 Å². The number of nitrogens with zero attached hydrogens (tertiary/aromatic N) is 3. The lowest BCUT2D eigenvalue weighted by Crippen LogP contribution is -2.59. The fourth-order valence-corrected chi connectivity index (χ4v) is 15.7. The van der Waals surface area contributed by atoms with Gasteiger partial charge in [0, 0.05) is 27.2 Å². The van der Waals surface area contributed by atoms with Gasteiger partial charge in [-0.3, -0.25) is 0 Å². The number of hydrogen-bond acceptors (Lipinski definition) is 2. The van der Waals surface area contributed by atoms with E-state index < -0.39 is 0 Å². The largest absolute Gasteiger partial charge is 0.453 e. The fraction of sp³-hybridized carbons (Fsp3) is 0. The van der Waals surface area contributed by atoms with E-state index >= 15 is 0 Å². The van der Waals surface area contributed by atoms with Gasteiger partial charge in [-0.2, -0.15) is 0 Å². The van der Waals surface area contributed by atoms with Gasteiger partial charge in [-0.05, 0) is 177 Å². The lowest BCUT2D eigenvalue weighted by molar-refractivity contribution is 0.477. The van der Waals surface area contributed by atoms with Gasteiger partial charge in [0.15, 0.2) is 11.5 Å². The van der Waals surface area contributed by atoms with Crippen molar-refractivity contribution in [2.75, 3.05) is 4.90 Å². The van der Waals surface area contributed by atoms with Crippen LogP contribution in [0.5, 0.6) is 11.5 Å². The van der Waals surface area contributed by atoms with Crippen LogP contribution in [0.15, 0.2) is 291 Å². The fourth-order valence-electron chi connectivity index (χ4n) is 15.7. The van der Waals surface area contributed by atoms with E-state index in [2.05, 4.69) is 305 Å². The zero-order chi connectivity index (χ0) is 56.6. The Kier molecular flexibility index (Phi) is 9.50. The Hall–Kier alpha value is -11.4. The first-order valence-corrected chi connectivity index (χ1v) is 30.2. The second kappa shape index (κ2) is 17.6. The molecule has 2 aromatic heterocycles. The van der Waals surface area contributed by atoms with Crippen molar-refractivity contribution in [1.82, 2.24) is 9.13 Å². The summed E-state index contributed by atoms with van der Waals surface area (Å²) >= 11 is 0. The predicted octanol–water partition coefficient (Wildman–Crippen LogP) is 19.9. The molecular weight excluding hydrogens is 1050 g/mol. The third-order valence-electron chi connectivity index (χ3n) is 19.4. The Morgan fingerprint density at radius 2 is 0.644 bits per heavy atom. The first kappa shape index (κ1) is 47.0. The van der Waals surface area contributed by atoms with E-state index in [1.54, 1.807) is 0 Å². The topological polar surface area (TPSA) is 22.3 Å². The van der Waals surface area contributed by atoms with Crippen LogP contribution in [0.25, 0.3) is 143 Å². The van der Waals surface area contributed by atoms with Crippen LogP contribution in [-0.4, -0.2) is 15.8 Å². The van der Waals surface area contributed by atoms with Gasteiger partial charge in [-0.1, -0.05) is 218 Å². The molecule has 5 heteroatoms. The Bertz CT molecular complexity index is 5800. The van der Waals surface area contributed by atoms with Crippen molar-refractivity contribution in [2.45, 2.75) is 0 Å². The molecule has 0 spiro atoms. The molecule has 17 aromatic rings. The Balaban J connectivity index is 0.985. The summed E-state index contributed by atoms with van der Waals surface area (Å²) in [7, 11) is 0. The smallest absolute Gasteiger partial charge is 0.252 e. The summed E-state index contributed by atoms with van der Waals surface area (Å²) in [4.78, 5) is 2.48. The van der Waals surface area contributed by atoms with Gasteiger partial charge in [0.1, 0.15) is 0 Å². The van der Waals surface area contributed by atoms with Gasteiger partial charge in [0.05, 0.1) is 44.8 Å². The van der Waals surface area contributed by atoms with Gasteiger partial charge in [0.25, 0.3) is 6.71 Å². The van der Waals surface area contributed by atoms with E-state index in [-0.39, 0.29) is 6.71 Å². The van der Waals surface area contributed by atoms with Gasteiger partial charge in [-0.25, -0.2) is 0 Å². The van der Waals surface area contributed by atoms with E-state index in [4.69, 9.17) is 4.74 Å². The molecule has 5 heterocycles. The monoisotopic (exact) mass is 1100 g/mol. The summed E-state index contributed by atoms with van der Waals surface area (Å²) in [5.41, 5.74) is 23.8. The highest BCUT2D eigenvalue weighted by molar-refractivity contribution is 7.01. The average Bonchev–Trinajstić information content (AvgIpc) is 1.57. The third kappa shape index (κ3) is 6.52. The first-order valence-electron chi connectivity index (χ1n) is 30.2. The van der Waals surface area contributed by atoms with Crippen LogP contribution in [0.4, 0.5) is 17.1 Å². The molecule has 87 heavy (non-hydrogen) atoms. The van der Waals surface area contributed by atoms with Crippen molar-refractivity contribution in [3.8, 4) is 67.4 Å². The summed E-state index contributed by atoms with van der Waals surface area (Å²) in [6.07, 6.45) is 0. The number of aromatic nitrogens is 2. The van der Waals surface area contributed by atoms with E-state index in [1.165, 1.54) is 159 Å². The number of benzene rings is 15. The molecule has 0 aliphatic carbocycles. The Labute approximate surface area is 501 Å². The number of ether oxygens (including phenoxy) is 1.